The highest BCUT2D eigenvalue weighted by Crippen LogP contribution is 2.10. The molecular weight excluding hydrogens is 192 g/mol. The maximum Gasteiger partial charge on any atom is 0.0933 e. The zero-order chi connectivity index (χ0) is 11.5. The first-order chi connectivity index (χ1) is 7.18. The number of rotatable bonds is 10. The fourth-order valence-electron chi connectivity index (χ4n) is 1.59. The maximum absolute atomic E-state index is 10.2. The molecule has 0 saturated carbocycles. The van der Waals surface area contributed by atoms with E-state index in [0.717, 1.165) is 19.3 Å². The van der Waals surface area contributed by atoms with E-state index in [1.165, 1.54) is 32.1 Å². The first kappa shape index (κ1) is 14.4. The Hall–Kier alpha value is -0.570. The summed E-state index contributed by atoms with van der Waals surface area (Å²) >= 11 is 0. The van der Waals surface area contributed by atoms with Crippen LogP contribution in [0, 0.1) is 0 Å². The number of hydrogen-bond donors (Lipinski definition) is 1. The lowest BCUT2D eigenvalue weighted by Crippen LogP contribution is -2.35. The molecule has 0 rings (SSSR count). The molecule has 3 nitrogen and oxygen atoms in total. The fourth-order valence-corrected chi connectivity index (χ4v) is 1.59. The Bertz CT molecular complexity index is 157. The summed E-state index contributed by atoms with van der Waals surface area (Å²) in [6.45, 7) is 2.20. The lowest BCUT2D eigenvalue weighted by molar-refractivity contribution is -0.315. The van der Waals surface area contributed by atoms with Gasteiger partial charge in [0.1, 0.15) is 0 Å². The van der Waals surface area contributed by atoms with Crippen LogP contribution < -0.4 is 5.11 Å². The number of hydrogen-bond acceptors (Lipinski definition) is 3. The average molecular weight is 215 g/mol. The normalized spacial score (nSPS) is 12.7. The van der Waals surface area contributed by atoms with Gasteiger partial charge in [-0.15, -0.1) is 0 Å². The van der Waals surface area contributed by atoms with E-state index in [1.807, 2.05) is 0 Å². The Morgan fingerprint density at radius 3 is 2.00 bits per heavy atom. The van der Waals surface area contributed by atoms with Crippen molar-refractivity contribution in [1.82, 2.24) is 0 Å². The number of carbonyl (C=O) groups excluding carboxylic acids is 1. The van der Waals surface area contributed by atoms with Crippen molar-refractivity contribution in [2.24, 2.45) is 0 Å². The molecule has 0 bridgehead atoms. The van der Waals surface area contributed by atoms with E-state index >= 15 is 0 Å². The van der Waals surface area contributed by atoms with Gasteiger partial charge in [0.2, 0.25) is 0 Å². The first-order valence-electron chi connectivity index (χ1n) is 6.07. The van der Waals surface area contributed by atoms with Crippen molar-refractivity contribution in [2.75, 3.05) is 0 Å². The van der Waals surface area contributed by atoms with E-state index in [2.05, 4.69) is 6.92 Å². The van der Waals surface area contributed by atoms with E-state index in [1.54, 1.807) is 0 Å². The van der Waals surface area contributed by atoms with Gasteiger partial charge in [0, 0.05) is 0 Å². The highest BCUT2D eigenvalue weighted by atomic mass is 16.4. The zero-order valence-corrected chi connectivity index (χ0v) is 9.71. The van der Waals surface area contributed by atoms with Gasteiger partial charge in [-0.25, -0.2) is 0 Å². The van der Waals surface area contributed by atoms with Crippen LogP contribution in [0.5, 0.6) is 0 Å². The quantitative estimate of drug-likeness (QED) is 0.563. The van der Waals surface area contributed by atoms with Crippen LogP contribution in [0.3, 0.4) is 0 Å². The summed E-state index contributed by atoms with van der Waals surface area (Å²) in [5.74, 6) is -1.35. The number of aliphatic hydroxyl groups excluding tert-OH is 1. The second-order valence-electron chi connectivity index (χ2n) is 4.10. The third-order valence-electron chi connectivity index (χ3n) is 2.60. The van der Waals surface area contributed by atoms with Crippen molar-refractivity contribution in [3.8, 4) is 0 Å². The number of carboxylic acids is 1. The van der Waals surface area contributed by atoms with Gasteiger partial charge < -0.3 is 15.0 Å². The standard InChI is InChI=1S/C12H24O3/c1-2-3-4-5-6-7-8-9-10-11(13)12(14)15/h11,13H,2-10H2,1H3,(H,14,15)/p-1. The van der Waals surface area contributed by atoms with Gasteiger partial charge in [0.05, 0.1) is 12.1 Å². The number of carboxylic acid groups (broad SMARTS) is 1. The summed E-state index contributed by atoms with van der Waals surface area (Å²) in [7, 11) is 0. The molecule has 0 saturated heterocycles. The third kappa shape index (κ3) is 9.73. The fraction of sp³-hybridized carbons (Fsp3) is 0.917. The summed E-state index contributed by atoms with van der Waals surface area (Å²) in [6.07, 6.45) is 8.36. The van der Waals surface area contributed by atoms with Gasteiger partial charge in [-0.1, -0.05) is 58.3 Å². The molecule has 0 amide bonds. The molecule has 90 valence electrons. The highest BCUT2D eigenvalue weighted by Gasteiger charge is 2.03. The number of aliphatic carboxylic acids is 1. The lowest BCUT2D eigenvalue weighted by atomic mass is 10.1. The maximum atomic E-state index is 10.2. The van der Waals surface area contributed by atoms with Gasteiger partial charge in [-0.05, 0) is 6.42 Å². The highest BCUT2D eigenvalue weighted by molar-refractivity contribution is 5.69. The molecule has 0 spiro atoms. The van der Waals surface area contributed by atoms with Crippen LogP contribution >= 0.6 is 0 Å². The molecule has 3 heteroatoms. The molecule has 0 aromatic heterocycles. The minimum absolute atomic E-state index is 0.331. The van der Waals surface area contributed by atoms with Crippen molar-refractivity contribution in [2.45, 2.75) is 70.8 Å². The van der Waals surface area contributed by atoms with E-state index in [0.29, 0.717) is 6.42 Å². The number of carbonyl (C=O) groups is 1. The molecule has 0 aromatic carbocycles. The van der Waals surface area contributed by atoms with Crippen LogP contribution in [0.25, 0.3) is 0 Å². The van der Waals surface area contributed by atoms with Crippen molar-refractivity contribution < 1.29 is 15.0 Å². The molecule has 1 atom stereocenters. The van der Waals surface area contributed by atoms with E-state index in [9.17, 15) is 9.90 Å². The van der Waals surface area contributed by atoms with E-state index < -0.39 is 12.1 Å². The van der Waals surface area contributed by atoms with Crippen LogP contribution in [0.1, 0.15) is 64.7 Å². The molecule has 0 aliphatic carbocycles. The first-order valence-corrected chi connectivity index (χ1v) is 6.07. The SMILES string of the molecule is CCCCCCCCCCC(O)C(=O)[O-]. The predicted molar refractivity (Wildman–Crippen MR) is 58.2 cm³/mol. The number of unbranched alkanes of at least 4 members (excludes halogenated alkanes) is 7. The van der Waals surface area contributed by atoms with E-state index in [4.69, 9.17) is 5.11 Å². The molecule has 1 unspecified atom stereocenters. The van der Waals surface area contributed by atoms with Crippen molar-refractivity contribution in [3.05, 3.63) is 0 Å². The summed E-state index contributed by atoms with van der Waals surface area (Å²) in [6, 6.07) is 0. The molecule has 0 aliphatic rings. The molecule has 15 heavy (non-hydrogen) atoms. The Labute approximate surface area is 92.5 Å². The van der Waals surface area contributed by atoms with Crippen molar-refractivity contribution in [3.63, 3.8) is 0 Å². The van der Waals surface area contributed by atoms with Crippen LogP contribution in [0.2, 0.25) is 0 Å². The largest absolute Gasteiger partial charge is 0.547 e. The van der Waals surface area contributed by atoms with Crippen molar-refractivity contribution >= 4 is 5.97 Å². The Balaban J connectivity index is 3.08. The lowest BCUT2D eigenvalue weighted by Gasteiger charge is -2.10. The monoisotopic (exact) mass is 215 g/mol. The van der Waals surface area contributed by atoms with E-state index in [-0.39, 0.29) is 0 Å². The van der Waals surface area contributed by atoms with Crippen LogP contribution in [0.15, 0.2) is 0 Å². The minimum atomic E-state index is -1.35. The van der Waals surface area contributed by atoms with Gasteiger partial charge >= 0.3 is 0 Å². The molecular formula is C12H23O3-. The van der Waals surface area contributed by atoms with Gasteiger partial charge in [0.15, 0.2) is 0 Å². The van der Waals surface area contributed by atoms with Crippen molar-refractivity contribution in [1.29, 1.82) is 0 Å². The summed E-state index contributed by atoms with van der Waals surface area (Å²) in [5.41, 5.74) is 0. The number of aliphatic hydroxyl groups is 1. The minimum Gasteiger partial charge on any atom is -0.547 e. The summed E-state index contributed by atoms with van der Waals surface area (Å²) < 4.78 is 0. The molecule has 0 fully saturated rings. The van der Waals surface area contributed by atoms with Gasteiger partial charge in [-0.3, -0.25) is 0 Å². The third-order valence-corrected chi connectivity index (χ3v) is 2.60. The molecule has 0 heterocycles. The summed E-state index contributed by atoms with van der Waals surface area (Å²) in [5, 5.41) is 19.1. The van der Waals surface area contributed by atoms with Gasteiger partial charge in [0.25, 0.3) is 0 Å². The molecule has 1 N–H and O–H groups in total. The Morgan fingerprint density at radius 2 is 1.53 bits per heavy atom. The average Bonchev–Trinajstić information content (AvgIpc) is 2.21. The van der Waals surface area contributed by atoms with Gasteiger partial charge in [-0.2, -0.15) is 0 Å². The Kier molecular flexibility index (Phi) is 9.59. The second kappa shape index (κ2) is 9.97. The van der Waals surface area contributed by atoms with Crippen LogP contribution in [-0.2, 0) is 4.79 Å². The smallest absolute Gasteiger partial charge is 0.0933 e. The van der Waals surface area contributed by atoms with Crippen LogP contribution in [0.4, 0.5) is 0 Å². The zero-order valence-electron chi connectivity index (χ0n) is 9.71. The summed E-state index contributed by atoms with van der Waals surface area (Å²) in [4.78, 5) is 10.2. The molecule has 0 aromatic rings. The molecule has 0 aliphatic heterocycles. The predicted octanol–water partition coefficient (Wildman–Crippen LogP) is 1.63. The molecule has 0 radical (unpaired) electrons. The van der Waals surface area contributed by atoms with Crippen LogP contribution in [-0.4, -0.2) is 17.2 Å². The topological polar surface area (TPSA) is 60.4 Å². The Morgan fingerprint density at radius 1 is 1.07 bits per heavy atom. The second-order valence-corrected chi connectivity index (χ2v) is 4.10.